The van der Waals surface area contributed by atoms with E-state index in [0.29, 0.717) is 12.5 Å². The first-order valence-electron chi connectivity index (χ1n) is 11.3. The topological polar surface area (TPSA) is 85.9 Å². The Kier molecular flexibility index (Phi) is 6.75. The molecule has 7 nitrogen and oxygen atoms in total. The number of esters is 2. The molecule has 0 aliphatic carbocycles. The molecule has 3 atom stereocenters. The maximum Gasteiger partial charge on any atom is 0.337 e. The standard InChI is InChI=1S/C27H30N2O5/c1-17(2)28-20-12-10-18(11-13-20)16-22(29-19-8-6-5-7-9-19)27-15-14-21(34-27)23(25(30)32-3)24(27)26(31)33-4/h5-15,17,21-22,28-29H,16H2,1-4H3. The van der Waals surface area contributed by atoms with Gasteiger partial charge in [-0.05, 0) is 56.2 Å². The molecule has 178 valence electrons. The number of rotatable bonds is 9. The van der Waals surface area contributed by atoms with Crippen molar-refractivity contribution in [2.75, 3.05) is 24.9 Å². The molecule has 34 heavy (non-hydrogen) atoms. The number of carbonyl (C=O) groups excluding carboxylic acids is 2. The fourth-order valence-corrected chi connectivity index (χ4v) is 4.59. The quantitative estimate of drug-likeness (QED) is 0.432. The van der Waals surface area contributed by atoms with Gasteiger partial charge >= 0.3 is 11.9 Å². The number of hydrogen-bond acceptors (Lipinski definition) is 7. The maximum absolute atomic E-state index is 13.0. The molecule has 0 aromatic heterocycles. The van der Waals surface area contributed by atoms with Crippen LogP contribution in [0, 0.1) is 0 Å². The van der Waals surface area contributed by atoms with Gasteiger partial charge in [-0.15, -0.1) is 0 Å². The number of anilines is 2. The van der Waals surface area contributed by atoms with Gasteiger partial charge in [-0.3, -0.25) is 0 Å². The van der Waals surface area contributed by atoms with Gasteiger partial charge in [0.2, 0.25) is 0 Å². The van der Waals surface area contributed by atoms with Crippen LogP contribution in [0.3, 0.4) is 0 Å². The van der Waals surface area contributed by atoms with E-state index < -0.39 is 29.7 Å². The van der Waals surface area contributed by atoms with Crippen molar-refractivity contribution in [1.29, 1.82) is 0 Å². The van der Waals surface area contributed by atoms with Gasteiger partial charge in [0.15, 0.2) is 0 Å². The van der Waals surface area contributed by atoms with E-state index in [-0.39, 0.29) is 11.1 Å². The lowest BCUT2D eigenvalue weighted by Gasteiger charge is -2.36. The number of methoxy groups -OCH3 is 2. The molecule has 0 amide bonds. The molecular formula is C27H30N2O5. The van der Waals surface area contributed by atoms with Crippen molar-refractivity contribution in [2.24, 2.45) is 0 Å². The minimum atomic E-state index is -1.19. The minimum Gasteiger partial charge on any atom is -0.466 e. The number of para-hydroxylation sites is 1. The smallest absolute Gasteiger partial charge is 0.337 e. The highest BCUT2D eigenvalue weighted by Crippen LogP contribution is 2.47. The Bertz CT molecular complexity index is 1110. The van der Waals surface area contributed by atoms with E-state index in [1.807, 2.05) is 48.5 Å². The lowest BCUT2D eigenvalue weighted by molar-refractivity contribution is -0.139. The zero-order chi connectivity index (χ0) is 24.3. The molecule has 2 bridgehead atoms. The zero-order valence-electron chi connectivity index (χ0n) is 19.8. The summed E-state index contributed by atoms with van der Waals surface area (Å²) in [5.41, 5.74) is 2.13. The van der Waals surface area contributed by atoms with Gasteiger partial charge in [0.1, 0.15) is 11.7 Å². The van der Waals surface area contributed by atoms with E-state index in [1.54, 1.807) is 6.08 Å². The molecule has 2 N–H and O–H groups in total. The molecular weight excluding hydrogens is 432 g/mol. The molecule has 0 fully saturated rings. The average molecular weight is 463 g/mol. The van der Waals surface area contributed by atoms with Gasteiger partial charge < -0.3 is 24.8 Å². The third-order valence-electron chi connectivity index (χ3n) is 6.06. The van der Waals surface area contributed by atoms with Crippen molar-refractivity contribution >= 4 is 23.3 Å². The molecule has 4 rings (SSSR count). The van der Waals surface area contributed by atoms with Crippen LogP contribution in [0.25, 0.3) is 0 Å². The molecule has 0 spiro atoms. The van der Waals surface area contributed by atoms with E-state index in [2.05, 4.69) is 36.6 Å². The molecule has 2 aliphatic heterocycles. The van der Waals surface area contributed by atoms with Gasteiger partial charge in [0, 0.05) is 17.4 Å². The summed E-state index contributed by atoms with van der Waals surface area (Å²) < 4.78 is 16.4. The molecule has 2 heterocycles. The fourth-order valence-electron chi connectivity index (χ4n) is 4.59. The van der Waals surface area contributed by atoms with Gasteiger partial charge in [-0.1, -0.05) is 36.4 Å². The molecule has 7 heteroatoms. The second-order valence-corrected chi connectivity index (χ2v) is 8.73. The Labute approximate surface area is 199 Å². The monoisotopic (exact) mass is 462 g/mol. The van der Waals surface area contributed by atoms with Gasteiger partial charge in [0.05, 0.1) is 31.4 Å². The Morgan fingerprint density at radius 1 is 0.941 bits per heavy atom. The van der Waals surface area contributed by atoms with Crippen molar-refractivity contribution in [3.8, 4) is 0 Å². The van der Waals surface area contributed by atoms with Crippen molar-refractivity contribution in [3.05, 3.63) is 83.5 Å². The third kappa shape index (κ3) is 4.43. The van der Waals surface area contributed by atoms with Crippen LogP contribution in [0.2, 0.25) is 0 Å². The molecule has 0 radical (unpaired) electrons. The highest BCUT2D eigenvalue weighted by Gasteiger charge is 2.58. The molecule has 0 saturated heterocycles. The summed E-state index contributed by atoms with van der Waals surface area (Å²) >= 11 is 0. The van der Waals surface area contributed by atoms with Crippen LogP contribution < -0.4 is 10.6 Å². The Hall–Kier alpha value is -3.58. The fraction of sp³-hybridized carbons (Fsp3) is 0.333. The highest BCUT2D eigenvalue weighted by atomic mass is 16.6. The van der Waals surface area contributed by atoms with Crippen LogP contribution in [0.15, 0.2) is 77.9 Å². The van der Waals surface area contributed by atoms with E-state index in [4.69, 9.17) is 14.2 Å². The maximum atomic E-state index is 13.0. The van der Waals surface area contributed by atoms with Crippen LogP contribution in [-0.4, -0.2) is 49.9 Å². The predicted molar refractivity (Wildman–Crippen MR) is 131 cm³/mol. The molecule has 2 aliphatic rings. The molecule has 2 aromatic rings. The first-order valence-corrected chi connectivity index (χ1v) is 11.3. The first kappa shape index (κ1) is 23.6. The first-order chi connectivity index (χ1) is 16.4. The summed E-state index contributed by atoms with van der Waals surface area (Å²) in [4.78, 5) is 25.6. The second kappa shape index (κ2) is 9.73. The number of hydrogen-bond donors (Lipinski definition) is 2. The Balaban J connectivity index is 1.75. The molecule has 0 saturated carbocycles. The summed E-state index contributed by atoms with van der Waals surface area (Å²) in [5, 5.41) is 6.92. The summed E-state index contributed by atoms with van der Waals surface area (Å²) in [6.07, 6.45) is 3.52. The third-order valence-corrected chi connectivity index (χ3v) is 6.06. The van der Waals surface area contributed by atoms with Gasteiger partial charge in [-0.2, -0.15) is 0 Å². The second-order valence-electron chi connectivity index (χ2n) is 8.73. The minimum absolute atomic E-state index is 0.181. The summed E-state index contributed by atoms with van der Waals surface area (Å²) in [5.74, 6) is -1.21. The SMILES string of the molecule is COC(=O)C1=C(C(=O)OC)C2(C(Cc3ccc(NC(C)C)cc3)Nc3ccccc3)C=CC1O2. The van der Waals surface area contributed by atoms with Crippen molar-refractivity contribution < 1.29 is 23.8 Å². The van der Waals surface area contributed by atoms with Crippen molar-refractivity contribution in [1.82, 2.24) is 0 Å². The summed E-state index contributed by atoms with van der Waals surface area (Å²) in [6, 6.07) is 17.8. The number of fused-ring (bicyclic) bond motifs is 2. The predicted octanol–water partition coefficient (Wildman–Crippen LogP) is 3.88. The van der Waals surface area contributed by atoms with Crippen LogP contribution in [0.5, 0.6) is 0 Å². The van der Waals surface area contributed by atoms with Crippen molar-refractivity contribution in [2.45, 2.75) is 44.1 Å². The lowest BCUT2D eigenvalue weighted by Crippen LogP contribution is -2.49. The van der Waals surface area contributed by atoms with E-state index in [1.165, 1.54) is 14.2 Å². The van der Waals surface area contributed by atoms with E-state index in [9.17, 15) is 9.59 Å². The average Bonchev–Trinajstić information content (AvgIpc) is 3.42. The number of benzene rings is 2. The van der Waals surface area contributed by atoms with Crippen molar-refractivity contribution in [3.63, 3.8) is 0 Å². The normalized spacial score (nSPS) is 21.5. The highest BCUT2D eigenvalue weighted by molar-refractivity contribution is 6.05. The Morgan fingerprint density at radius 2 is 1.59 bits per heavy atom. The van der Waals surface area contributed by atoms with Crippen LogP contribution in [-0.2, 0) is 30.2 Å². The molecule has 3 unspecified atom stereocenters. The Morgan fingerprint density at radius 3 is 2.21 bits per heavy atom. The summed E-state index contributed by atoms with van der Waals surface area (Å²) in [7, 11) is 2.59. The largest absolute Gasteiger partial charge is 0.466 e. The van der Waals surface area contributed by atoms with Crippen LogP contribution in [0.4, 0.5) is 11.4 Å². The summed E-state index contributed by atoms with van der Waals surface area (Å²) in [6.45, 7) is 4.18. The number of ether oxygens (including phenoxy) is 3. The zero-order valence-corrected chi connectivity index (χ0v) is 19.8. The number of carbonyl (C=O) groups is 2. The molecule has 2 aromatic carbocycles. The van der Waals surface area contributed by atoms with Crippen LogP contribution in [0.1, 0.15) is 19.4 Å². The number of nitrogens with one attached hydrogen (secondary N) is 2. The van der Waals surface area contributed by atoms with E-state index >= 15 is 0 Å². The lowest BCUT2D eigenvalue weighted by atomic mass is 9.79. The van der Waals surface area contributed by atoms with Crippen LogP contribution >= 0.6 is 0 Å². The van der Waals surface area contributed by atoms with Gasteiger partial charge in [0.25, 0.3) is 0 Å². The van der Waals surface area contributed by atoms with Gasteiger partial charge in [-0.25, -0.2) is 9.59 Å². The van der Waals surface area contributed by atoms with E-state index in [0.717, 1.165) is 16.9 Å².